The van der Waals surface area contributed by atoms with Crippen molar-refractivity contribution in [2.24, 2.45) is 10.9 Å². The van der Waals surface area contributed by atoms with Gasteiger partial charge < -0.3 is 14.5 Å². The lowest BCUT2D eigenvalue weighted by molar-refractivity contribution is -0.00419. The first-order valence-corrected chi connectivity index (χ1v) is 14.3. The van der Waals surface area contributed by atoms with Gasteiger partial charge >= 0.3 is 6.09 Å². The van der Waals surface area contributed by atoms with Crippen LogP contribution in [0.3, 0.4) is 0 Å². The van der Waals surface area contributed by atoms with Crippen molar-refractivity contribution in [3.63, 3.8) is 0 Å². The molecule has 1 aromatic rings. The summed E-state index contributed by atoms with van der Waals surface area (Å²) in [4.78, 5) is 26.4. The largest absolute Gasteiger partial charge is 0.444 e. The number of piperazine rings is 1. The van der Waals surface area contributed by atoms with E-state index in [4.69, 9.17) is 9.73 Å². The van der Waals surface area contributed by atoms with Crippen molar-refractivity contribution >= 4 is 11.8 Å². The van der Waals surface area contributed by atoms with Gasteiger partial charge in [-0.2, -0.15) is 0 Å². The number of carbonyl (C=O) groups is 1. The van der Waals surface area contributed by atoms with Crippen LogP contribution in [-0.4, -0.2) is 57.4 Å². The predicted molar refractivity (Wildman–Crippen MR) is 157 cm³/mol. The standard InChI is InChI=1S/C32H48N4O2/c1-9-28(27-17-18-27)30(29(34-10-2)16-12-11-14-26-15-13-19-33-20-26)25(5)35-21-24(4)36(22-23(35)3)31(37)38-32(6,7)8/h9-10,13,15,19-20,23-24,27H,2,11-12,14,16-18,21-22H2,1,3-8H3/b28-9-,30-25+,34-29?/t23-,24+/m0/s1. The maximum Gasteiger partial charge on any atom is 0.410 e. The van der Waals surface area contributed by atoms with E-state index in [1.165, 1.54) is 35.2 Å². The number of aromatic nitrogens is 1. The molecular weight excluding hydrogens is 472 g/mol. The van der Waals surface area contributed by atoms with Crippen LogP contribution in [0.5, 0.6) is 0 Å². The molecule has 0 N–H and O–H groups in total. The Morgan fingerprint density at radius 1 is 1.18 bits per heavy atom. The first-order valence-electron chi connectivity index (χ1n) is 14.3. The molecule has 0 aromatic carbocycles. The zero-order chi connectivity index (χ0) is 27.9. The molecule has 2 atom stereocenters. The molecule has 0 spiro atoms. The number of carbonyl (C=O) groups excluding carboxylic acids is 1. The summed E-state index contributed by atoms with van der Waals surface area (Å²) >= 11 is 0. The molecule has 38 heavy (non-hydrogen) atoms. The van der Waals surface area contributed by atoms with Crippen LogP contribution in [0.1, 0.15) is 86.1 Å². The first kappa shape index (κ1) is 29.7. The van der Waals surface area contributed by atoms with Crippen molar-refractivity contribution in [1.29, 1.82) is 0 Å². The Morgan fingerprint density at radius 2 is 1.87 bits per heavy atom. The van der Waals surface area contributed by atoms with Crippen LogP contribution >= 0.6 is 0 Å². The van der Waals surface area contributed by atoms with Gasteiger partial charge in [0, 0.05) is 60.7 Å². The molecule has 1 saturated heterocycles. The molecule has 6 nitrogen and oxygen atoms in total. The SMILES string of the molecule is C=CN=C(CCCCc1cccnc1)C(/C(=C\C)C1CC1)=C(\C)N1C[C@@H](C)N(C(=O)OC(C)(C)C)C[C@@H]1C. The van der Waals surface area contributed by atoms with Gasteiger partial charge in [-0.3, -0.25) is 9.98 Å². The summed E-state index contributed by atoms with van der Waals surface area (Å²) in [7, 11) is 0. The Hall–Kier alpha value is -2.89. The highest BCUT2D eigenvalue weighted by Crippen LogP contribution is 2.42. The van der Waals surface area contributed by atoms with Crippen LogP contribution in [0.2, 0.25) is 0 Å². The van der Waals surface area contributed by atoms with E-state index in [9.17, 15) is 4.79 Å². The highest BCUT2D eigenvalue weighted by atomic mass is 16.6. The zero-order valence-electron chi connectivity index (χ0n) is 24.7. The van der Waals surface area contributed by atoms with Crippen LogP contribution in [-0.2, 0) is 11.2 Å². The van der Waals surface area contributed by atoms with Gasteiger partial charge in [0.15, 0.2) is 0 Å². The monoisotopic (exact) mass is 520 g/mol. The average Bonchev–Trinajstić information content (AvgIpc) is 3.70. The third-order valence-corrected chi connectivity index (χ3v) is 7.41. The molecule has 2 fully saturated rings. The molecule has 2 aliphatic rings. The molecule has 1 saturated carbocycles. The third kappa shape index (κ3) is 8.05. The lowest BCUT2D eigenvalue weighted by Crippen LogP contribution is -2.58. The maximum atomic E-state index is 12.9. The number of amides is 1. The minimum Gasteiger partial charge on any atom is -0.444 e. The Labute approximate surface area is 230 Å². The molecule has 0 bridgehead atoms. The molecule has 0 radical (unpaired) electrons. The van der Waals surface area contributed by atoms with E-state index in [1.807, 2.05) is 44.1 Å². The number of hydrogen-bond donors (Lipinski definition) is 0. The topological polar surface area (TPSA) is 58.0 Å². The van der Waals surface area contributed by atoms with E-state index in [-0.39, 0.29) is 18.2 Å². The second-order valence-corrected chi connectivity index (χ2v) is 11.8. The number of nitrogens with zero attached hydrogens (tertiary/aromatic N) is 4. The van der Waals surface area contributed by atoms with Crippen molar-refractivity contribution in [2.75, 3.05) is 13.1 Å². The molecule has 1 aliphatic heterocycles. The lowest BCUT2D eigenvalue weighted by atomic mass is 9.90. The highest BCUT2D eigenvalue weighted by Gasteiger charge is 2.37. The summed E-state index contributed by atoms with van der Waals surface area (Å²) in [6, 6.07) is 4.36. The molecule has 6 heteroatoms. The Balaban J connectivity index is 1.83. The fourth-order valence-electron chi connectivity index (χ4n) is 5.41. The highest BCUT2D eigenvalue weighted by molar-refractivity contribution is 6.05. The van der Waals surface area contributed by atoms with E-state index >= 15 is 0 Å². The first-order chi connectivity index (χ1) is 18.1. The van der Waals surface area contributed by atoms with Crippen molar-refractivity contribution in [3.8, 4) is 0 Å². The summed E-state index contributed by atoms with van der Waals surface area (Å²) in [5.74, 6) is 0.603. The van der Waals surface area contributed by atoms with Gasteiger partial charge in [-0.05, 0) is 110 Å². The predicted octanol–water partition coefficient (Wildman–Crippen LogP) is 7.34. The molecule has 2 heterocycles. The second-order valence-electron chi connectivity index (χ2n) is 11.8. The molecule has 3 rings (SSSR count). The van der Waals surface area contributed by atoms with Gasteiger partial charge in [0.2, 0.25) is 0 Å². The zero-order valence-corrected chi connectivity index (χ0v) is 24.7. The van der Waals surface area contributed by atoms with Gasteiger partial charge in [-0.15, -0.1) is 0 Å². The molecule has 0 unspecified atom stereocenters. The lowest BCUT2D eigenvalue weighted by Gasteiger charge is -2.46. The molecule has 208 valence electrons. The molecule has 1 aliphatic carbocycles. The van der Waals surface area contributed by atoms with Crippen LogP contribution in [0.25, 0.3) is 0 Å². The summed E-state index contributed by atoms with van der Waals surface area (Å²) in [5.41, 5.74) is 5.84. The summed E-state index contributed by atoms with van der Waals surface area (Å²) in [6.45, 7) is 19.8. The minimum absolute atomic E-state index is 0.0477. The average molecular weight is 521 g/mol. The normalized spacial score (nSPS) is 21.8. The Morgan fingerprint density at radius 3 is 2.45 bits per heavy atom. The van der Waals surface area contributed by atoms with Gasteiger partial charge in [-0.1, -0.05) is 18.7 Å². The smallest absolute Gasteiger partial charge is 0.410 e. The summed E-state index contributed by atoms with van der Waals surface area (Å²) in [5, 5.41) is 0. The van der Waals surface area contributed by atoms with Gasteiger partial charge in [0.1, 0.15) is 5.60 Å². The number of ether oxygens (including phenoxy) is 1. The third-order valence-electron chi connectivity index (χ3n) is 7.41. The van der Waals surface area contributed by atoms with Crippen molar-refractivity contribution in [3.05, 3.63) is 65.8 Å². The quantitative estimate of drug-likeness (QED) is 0.184. The van der Waals surface area contributed by atoms with Gasteiger partial charge in [0.25, 0.3) is 0 Å². The summed E-state index contributed by atoms with van der Waals surface area (Å²) in [6.07, 6.45) is 14.1. The van der Waals surface area contributed by atoms with Crippen molar-refractivity contribution in [2.45, 2.75) is 105 Å². The van der Waals surface area contributed by atoms with E-state index in [0.717, 1.165) is 37.9 Å². The van der Waals surface area contributed by atoms with Crippen LogP contribution in [0, 0.1) is 5.92 Å². The fraction of sp³-hybridized carbons (Fsp3) is 0.594. The second kappa shape index (κ2) is 13.3. The van der Waals surface area contributed by atoms with Gasteiger partial charge in [0.05, 0.1) is 0 Å². The number of aliphatic imine (C=N–C) groups is 1. The fourth-order valence-corrected chi connectivity index (χ4v) is 5.41. The van der Waals surface area contributed by atoms with E-state index < -0.39 is 5.60 Å². The molecule has 1 amide bonds. The van der Waals surface area contributed by atoms with Crippen molar-refractivity contribution in [1.82, 2.24) is 14.8 Å². The van der Waals surface area contributed by atoms with Crippen LogP contribution in [0.4, 0.5) is 4.79 Å². The maximum absolute atomic E-state index is 12.9. The number of allylic oxidation sites excluding steroid dienone is 4. The van der Waals surface area contributed by atoms with E-state index in [0.29, 0.717) is 12.5 Å². The van der Waals surface area contributed by atoms with Crippen molar-refractivity contribution < 1.29 is 9.53 Å². The Bertz CT molecular complexity index is 1050. The number of aryl methyl sites for hydroxylation is 1. The minimum atomic E-state index is -0.502. The van der Waals surface area contributed by atoms with Gasteiger partial charge in [-0.25, -0.2) is 4.79 Å². The summed E-state index contributed by atoms with van der Waals surface area (Å²) < 4.78 is 5.70. The number of hydrogen-bond acceptors (Lipinski definition) is 5. The van der Waals surface area contributed by atoms with E-state index in [1.54, 1.807) is 6.20 Å². The number of rotatable bonds is 10. The van der Waals surface area contributed by atoms with Crippen LogP contribution < -0.4 is 0 Å². The number of unbranched alkanes of at least 4 members (excludes halogenated alkanes) is 1. The number of pyridine rings is 1. The molecule has 1 aromatic heterocycles. The Kier molecular flexibility index (Phi) is 10.3. The molecular formula is C32H48N4O2. The van der Waals surface area contributed by atoms with E-state index in [2.05, 4.69) is 56.3 Å². The van der Waals surface area contributed by atoms with Crippen LogP contribution in [0.15, 0.2) is 65.2 Å².